The first-order chi connectivity index (χ1) is 16.1. The molecule has 0 atom stereocenters. The lowest BCUT2D eigenvalue weighted by Crippen LogP contribution is -2.46. The van der Waals surface area contributed by atoms with E-state index in [1.165, 1.54) is 96.3 Å². The molecule has 0 saturated carbocycles. The molecule has 0 aromatic heterocycles. The van der Waals surface area contributed by atoms with Crippen molar-refractivity contribution >= 4 is 14.7 Å². The van der Waals surface area contributed by atoms with Crippen molar-refractivity contribution in [1.82, 2.24) is 5.32 Å². The number of rotatable bonds is 26. The normalized spacial score (nSPS) is 11.8. The number of nitrogens with one attached hydrogen (secondary N) is 1. The van der Waals surface area contributed by atoms with E-state index in [4.69, 9.17) is 13.3 Å². The summed E-state index contributed by atoms with van der Waals surface area (Å²) in [5.74, 6) is 0.0759. The van der Waals surface area contributed by atoms with Crippen LogP contribution < -0.4 is 5.32 Å². The summed E-state index contributed by atoms with van der Waals surface area (Å²) < 4.78 is 17.4. The average Bonchev–Trinajstić information content (AvgIpc) is 2.80. The smallest absolute Gasteiger partial charge is 0.374 e. The molecule has 0 radical (unpaired) electrons. The molecule has 1 N–H and O–H groups in total. The first-order valence-corrected chi connectivity index (χ1v) is 16.3. The Morgan fingerprint density at radius 1 is 0.576 bits per heavy atom. The van der Waals surface area contributed by atoms with Crippen molar-refractivity contribution in [2.75, 3.05) is 26.4 Å². The number of carbonyl (C=O) groups is 1. The highest BCUT2D eigenvalue weighted by Crippen LogP contribution is 2.18. The third-order valence-corrected chi connectivity index (χ3v) is 9.15. The standard InChI is InChI=1S/C27H57NO4Si/c1-5-9-10-11-12-13-14-15-16-17-18-19-20-21-22-23-25-28-27(29)24-26-33(30-6-2,31-7-3)32-8-4/h5-26H2,1-4H3,(H,28,29). The van der Waals surface area contributed by atoms with Crippen molar-refractivity contribution in [3.63, 3.8) is 0 Å². The van der Waals surface area contributed by atoms with Gasteiger partial charge in [0.15, 0.2) is 0 Å². The van der Waals surface area contributed by atoms with Gasteiger partial charge in [-0.3, -0.25) is 4.79 Å². The molecule has 33 heavy (non-hydrogen) atoms. The lowest BCUT2D eigenvalue weighted by atomic mass is 10.0. The molecule has 0 heterocycles. The van der Waals surface area contributed by atoms with Crippen molar-refractivity contribution in [1.29, 1.82) is 0 Å². The third kappa shape index (κ3) is 20.6. The first kappa shape index (κ1) is 32.6. The molecule has 0 aliphatic carbocycles. The Kier molecular flexibility index (Phi) is 24.4. The minimum Gasteiger partial charge on any atom is -0.374 e. The Labute approximate surface area is 207 Å². The van der Waals surface area contributed by atoms with Crippen LogP contribution in [0.2, 0.25) is 6.04 Å². The summed E-state index contributed by atoms with van der Waals surface area (Å²) in [6.45, 7) is 10.5. The van der Waals surface area contributed by atoms with Gasteiger partial charge in [-0.25, -0.2) is 0 Å². The zero-order valence-corrected chi connectivity index (χ0v) is 23.7. The van der Waals surface area contributed by atoms with Crippen LogP contribution in [0.5, 0.6) is 0 Å². The summed E-state index contributed by atoms with van der Waals surface area (Å²) >= 11 is 0. The Balaban J connectivity index is 3.52. The number of hydrogen-bond acceptors (Lipinski definition) is 4. The Morgan fingerprint density at radius 2 is 0.939 bits per heavy atom. The van der Waals surface area contributed by atoms with E-state index in [9.17, 15) is 4.79 Å². The van der Waals surface area contributed by atoms with Gasteiger partial charge in [-0.05, 0) is 27.2 Å². The van der Waals surface area contributed by atoms with Crippen LogP contribution >= 0.6 is 0 Å². The molecular weight excluding hydrogens is 430 g/mol. The zero-order chi connectivity index (χ0) is 24.5. The van der Waals surface area contributed by atoms with Gasteiger partial charge in [0.1, 0.15) is 0 Å². The summed E-state index contributed by atoms with van der Waals surface area (Å²) in [5, 5.41) is 3.05. The monoisotopic (exact) mass is 487 g/mol. The summed E-state index contributed by atoms with van der Waals surface area (Å²) in [7, 11) is -2.71. The van der Waals surface area contributed by atoms with Gasteiger partial charge < -0.3 is 18.6 Å². The fraction of sp³-hybridized carbons (Fsp3) is 0.963. The maximum atomic E-state index is 12.2. The minimum atomic E-state index is -2.71. The topological polar surface area (TPSA) is 56.8 Å². The van der Waals surface area contributed by atoms with Crippen LogP contribution in [0, 0.1) is 0 Å². The number of unbranched alkanes of at least 4 members (excludes halogenated alkanes) is 15. The van der Waals surface area contributed by atoms with E-state index in [0.717, 1.165) is 13.0 Å². The predicted octanol–water partition coefficient (Wildman–Crippen LogP) is 7.80. The van der Waals surface area contributed by atoms with Crippen LogP contribution in [0.25, 0.3) is 0 Å². The molecule has 0 rings (SSSR count). The number of amides is 1. The van der Waals surface area contributed by atoms with Gasteiger partial charge in [0.25, 0.3) is 0 Å². The second-order valence-corrected chi connectivity index (χ2v) is 11.9. The van der Waals surface area contributed by atoms with Crippen molar-refractivity contribution in [3.05, 3.63) is 0 Å². The SMILES string of the molecule is CCCCCCCCCCCCCCCCCCNC(=O)CC[Si](OCC)(OCC)OCC. The molecule has 1 amide bonds. The molecule has 0 aromatic rings. The Hall–Kier alpha value is -0.433. The van der Waals surface area contributed by atoms with Gasteiger partial charge in [0.2, 0.25) is 5.91 Å². The molecule has 0 aromatic carbocycles. The maximum Gasteiger partial charge on any atom is 0.501 e. The lowest BCUT2D eigenvalue weighted by molar-refractivity contribution is -0.121. The van der Waals surface area contributed by atoms with Crippen molar-refractivity contribution in [2.45, 2.75) is 143 Å². The molecule has 0 aliphatic heterocycles. The van der Waals surface area contributed by atoms with E-state index in [2.05, 4.69) is 12.2 Å². The van der Waals surface area contributed by atoms with Crippen molar-refractivity contribution in [3.8, 4) is 0 Å². The van der Waals surface area contributed by atoms with Crippen LogP contribution in [-0.2, 0) is 18.1 Å². The lowest BCUT2D eigenvalue weighted by Gasteiger charge is -2.28. The molecule has 0 bridgehead atoms. The fourth-order valence-corrected chi connectivity index (χ4v) is 6.79. The van der Waals surface area contributed by atoms with Crippen molar-refractivity contribution < 1.29 is 18.1 Å². The van der Waals surface area contributed by atoms with Gasteiger partial charge in [0.05, 0.1) is 0 Å². The molecular formula is C27H57NO4Si. The van der Waals surface area contributed by atoms with Crippen LogP contribution in [0.3, 0.4) is 0 Å². The van der Waals surface area contributed by atoms with E-state index in [0.29, 0.717) is 32.3 Å². The molecule has 0 saturated heterocycles. The second kappa shape index (κ2) is 24.7. The zero-order valence-electron chi connectivity index (χ0n) is 22.7. The average molecular weight is 488 g/mol. The van der Waals surface area contributed by atoms with Crippen LogP contribution in [0.4, 0.5) is 0 Å². The highest BCUT2D eigenvalue weighted by molar-refractivity contribution is 6.61. The largest absolute Gasteiger partial charge is 0.501 e. The van der Waals surface area contributed by atoms with E-state index in [-0.39, 0.29) is 5.91 Å². The molecule has 0 aliphatic rings. The Bertz CT molecular complexity index is 406. The van der Waals surface area contributed by atoms with Gasteiger partial charge in [-0.1, -0.05) is 103 Å². The van der Waals surface area contributed by atoms with E-state index >= 15 is 0 Å². The van der Waals surface area contributed by atoms with Gasteiger partial charge in [-0.2, -0.15) is 0 Å². The highest BCUT2D eigenvalue weighted by atomic mass is 28.4. The van der Waals surface area contributed by atoms with Crippen LogP contribution in [0.1, 0.15) is 137 Å². The van der Waals surface area contributed by atoms with Crippen molar-refractivity contribution in [2.24, 2.45) is 0 Å². The third-order valence-electron chi connectivity index (χ3n) is 6.10. The summed E-state index contributed by atoms with van der Waals surface area (Å²) in [5.41, 5.74) is 0. The number of hydrogen-bond donors (Lipinski definition) is 1. The van der Waals surface area contributed by atoms with Gasteiger partial charge >= 0.3 is 8.80 Å². The molecule has 0 unspecified atom stereocenters. The van der Waals surface area contributed by atoms with Crippen LogP contribution in [-0.4, -0.2) is 41.1 Å². The summed E-state index contributed by atoms with van der Waals surface area (Å²) in [6.07, 6.45) is 22.2. The second-order valence-electron chi connectivity index (χ2n) is 9.14. The molecule has 198 valence electrons. The maximum absolute atomic E-state index is 12.2. The van der Waals surface area contributed by atoms with E-state index in [1.54, 1.807) is 0 Å². The van der Waals surface area contributed by atoms with E-state index in [1.807, 2.05) is 20.8 Å². The molecule has 0 fully saturated rings. The molecule has 6 heteroatoms. The van der Waals surface area contributed by atoms with Crippen LogP contribution in [0.15, 0.2) is 0 Å². The van der Waals surface area contributed by atoms with Gasteiger partial charge in [-0.15, -0.1) is 0 Å². The quantitative estimate of drug-likeness (QED) is 0.0998. The van der Waals surface area contributed by atoms with E-state index < -0.39 is 8.80 Å². The predicted molar refractivity (Wildman–Crippen MR) is 143 cm³/mol. The highest BCUT2D eigenvalue weighted by Gasteiger charge is 2.40. The molecule has 0 spiro atoms. The Morgan fingerprint density at radius 3 is 1.30 bits per heavy atom. The summed E-state index contributed by atoms with van der Waals surface area (Å²) in [6, 6.07) is 0.549. The molecule has 5 nitrogen and oxygen atoms in total. The minimum absolute atomic E-state index is 0.0759. The number of carbonyl (C=O) groups excluding carboxylic acids is 1. The summed E-state index contributed by atoms with van der Waals surface area (Å²) in [4.78, 5) is 12.2. The fourth-order valence-electron chi connectivity index (χ4n) is 4.26. The first-order valence-electron chi connectivity index (χ1n) is 14.3. The van der Waals surface area contributed by atoms with Gasteiger partial charge in [0, 0.05) is 38.8 Å².